The monoisotopic (exact) mass is 317 g/mol. The third-order valence-corrected chi connectivity index (χ3v) is 4.11. The summed E-state index contributed by atoms with van der Waals surface area (Å²) in [5.74, 6) is -0.0383. The Morgan fingerprint density at radius 3 is 2.95 bits per heavy atom. The van der Waals surface area contributed by atoms with Gasteiger partial charge < -0.3 is 14.4 Å². The normalized spacial score (nSPS) is 11.1. The molecule has 7 heteroatoms. The molecule has 0 aliphatic carbocycles. The molecule has 0 amide bonds. The zero-order valence-corrected chi connectivity index (χ0v) is 12.8. The summed E-state index contributed by atoms with van der Waals surface area (Å²) >= 11 is 1.46. The number of imidazole rings is 1. The number of hydrogen-bond donors (Lipinski definition) is 1. The third kappa shape index (κ3) is 3.00. The molecule has 0 radical (unpaired) electrons. The summed E-state index contributed by atoms with van der Waals surface area (Å²) in [5, 5.41) is 11.5. The molecule has 3 rings (SSSR count). The highest BCUT2D eigenvalue weighted by molar-refractivity contribution is 7.09. The second kappa shape index (κ2) is 6.25. The standard InChI is InChI=1S/C15H15N3O3S/c1-21-8-13-17-11-4-2-3-5-12(11)18(13)7-14-16-10(9-22-14)6-15(19)20/h2-5,9H,6-8H2,1H3,(H,19,20). The molecule has 2 aromatic heterocycles. The maximum absolute atomic E-state index is 10.7. The molecule has 0 saturated carbocycles. The Kier molecular flexibility index (Phi) is 4.17. The van der Waals surface area contributed by atoms with Gasteiger partial charge in [-0.3, -0.25) is 4.79 Å². The number of fused-ring (bicyclic) bond motifs is 1. The SMILES string of the molecule is COCc1nc2ccccc2n1Cc1nc(CC(=O)O)cs1. The Morgan fingerprint density at radius 1 is 1.36 bits per heavy atom. The maximum atomic E-state index is 10.7. The average Bonchev–Trinajstić information content (AvgIpc) is 3.05. The van der Waals surface area contributed by atoms with E-state index < -0.39 is 5.97 Å². The van der Waals surface area contributed by atoms with Gasteiger partial charge in [-0.25, -0.2) is 9.97 Å². The van der Waals surface area contributed by atoms with Crippen molar-refractivity contribution in [3.8, 4) is 0 Å². The first-order chi connectivity index (χ1) is 10.7. The van der Waals surface area contributed by atoms with E-state index in [1.165, 1.54) is 11.3 Å². The predicted octanol–water partition coefficient (Wildman–Crippen LogP) is 2.31. The fourth-order valence-corrected chi connectivity index (χ4v) is 3.12. The zero-order valence-electron chi connectivity index (χ0n) is 12.0. The number of carbonyl (C=O) groups is 1. The largest absolute Gasteiger partial charge is 0.481 e. The number of carboxylic acids is 1. The van der Waals surface area contributed by atoms with E-state index in [0.717, 1.165) is 21.9 Å². The Labute approximate surface area is 131 Å². The van der Waals surface area contributed by atoms with Gasteiger partial charge in [-0.15, -0.1) is 11.3 Å². The van der Waals surface area contributed by atoms with E-state index >= 15 is 0 Å². The molecule has 0 unspecified atom stereocenters. The summed E-state index contributed by atoms with van der Waals surface area (Å²) in [6, 6.07) is 7.88. The topological polar surface area (TPSA) is 77.2 Å². The van der Waals surface area contributed by atoms with Crippen molar-refractivity contribution < 1.29 is 14.6 Å². The van der Waals surface area contributed by atoms with Crippen LogP contribution >= 0.6 is 11.3 Å². The second-order valence-corrected chi connectivity index (χ2v) is 5.78. The quantitative estimate of drug-likeness (QED) is 0.755. The number of aromatic nitrogens is 3. The smallest absolute Gasteiger partial charge is 0.309 e. The number of thiazole rings is 1. The predicted molar refractivity (Wildman–Crippen MR) is 83.0 cm³/mol. The van der Waals surface area contributed by atoms with Gasteiger partial charge in [0.05, 0.1) is 29.7 Å². The van der Waals surface area contributed by atoms with Crippen molar-refractivity contribution in [1.29, 1.82) is 0 Å². The van der Waals surface area contributed by atoms with Crippen LogP contribution in [0.4, 0.5) is 0 Å². The van der Waals surface area contributed by atoms with Crippen molar-refractivity contribution in [3.05, 3.63) is 46.2 Å². The lowest BCUT2D eigenvalue weighted by atomic mass is 10.3. The number of methoxy groups -OCH3 is 1. The number of aliphatic carboxylic acids is 1. The van der Waals surface area contributed by atoms with Crippen molar-refractivity contribution in [3.63, 3.8) is 0 Å². The number of hydrogen-bond acceptors (Lipinski definition) is 5. The molecule has 0 saturated heterocycles. The molecule has 0 bridgehead atoms. The van der Waals surface area contributed by atoms with Crippen LogP contribution in [0.15, 0.2) is 29.6 Å². The Balaban J connectivity index is 1.93. The van der Waals surface area contributed by atoms with Crippen molar-refractivity contribution in [1.82, 2.24) is 14.5 Å². The second-order valence-electron chi connectivity index (χ2n) is 4.84. The Hall–Kier alpha value is -2.25. The zero-order chi connectivity index (χ0) is 15.5. The van der Waals surface area contributed by atoms with Gasteiger partial charge in [0.2, 0.25) is 0 Å². The van der Waals surface area contributed by atoms with Gasteiger partial charge in [-0.1, -0.05) is 12.1 Å². The van der Waals surface area contributed by atoms with E-state index in [-0.39, 0.29) is 6.42 Å². The summed E-state index contributed by atoms with van der Waals surface area (Å²) in [4.78, 5) is 19.7. The molecule has 0 spiro atoms. The van der Waals surface area contributed by atoms with E-state index in [2.05, 4.69) is 14.5 Å². The van der Waals surface area contributed by atoms with Gasteiger partial charge in [-0.05, 0) is 12.1 Å². The summed E-state index contributed by atoms with van der Waals surface area (Å²) in [7, 11) is 1.64. The first kappa shape index (κ1) is 14.7. The number of para-hydroxylation sites is 2. The van der Waals surface area contributed by atoms with Crippen molar-refractivity contribution >= 4 is 28.3 Å². The van der Waals surface area contributed by atoms with Crippen molar-refractivity contribution in [2.75, 3.05) is 7.11 Å². The minimum atomic E-state index is -0.870. The summed E-state index contributed by atoms with van der Waals surface area (Å²) in [6.07, 6.45) is -0.0495. The maximum Gasteiger partial charge on any atom is 0.309 e. The highest BCUT2D eigenvalue weighted by atomic mass is 32.1. The van der Waals surface area contributed by atoms with Crippen LogP contribution in [0.3, 0.4) is 0 Å². The van der Waals surface area contributed by atoms with Gasteiger partial charge in [-0.2, -0.15) is 0 Å². The fourth-order valence-electron chi connectivity index (χ4n) is 2.33. The number of ether oxygens (including phenoxy) is 1. The van der Waals surface area contributed by atoms with E-state index in [4.69, 9.17) is 9.84 Å². The lowest BCUT2D eigenvalue weighted by Crippen LogP contribution is -2.06. The molecule has 1 aromatic carbocycles. The van der Waals surface area contributed by atoms with E-state index in [9.17, 15) is 4.79 Å². The Bertz CT molecular complexity index is 809. The molecule has 0 aliphatic heterocycles. The third-order valence-electron chi connectivity index (χ3n) is 3.23. The molecule has 0 fully saturated rings. The molecule has 6 nitrogen and oxygen atoms in total. The van der Waals surface area contributed by atoms with Crippen LogP contribution in [0.1, 0.15) is 16.5 Å². The van der Waals surface area contributed by atoms with Crippen molar-refractivity contribution in [2.24, 2.45) is 0 Å². The van der Waals surface area contributed by atoms with Crippen LogP contribution in [0.5, 0.6) is 0 Å². The fraction of sp³-hybridized carbons (Fsp3) is 0.267. The van der Waals surface area contributed by atoms with E-state index in [1.807, 2.05) is 24.3 Å². The summed E-state index contributed by atoms with van der Waals surface area (Å²) in [5.41, 5.74) is 2.52. The van der Waals surface area contributed by atoms with Gasteiger partial charge in [0, 0.05) is 12.5 Å². The highest BCUT2D eigenvalue weighted by Gasteiger charge is 2.13. The van der Waals surface area contributed by atoms with E-state index in [0.29, 0.717) is 18.8 Å². The van der Waals surface area contributed by atoms with Crippen LogP contribution in [-0.4, -0.2) is 32.7 Å². The Morgan fingerprint density at radius 2 is 2.18 bits per heavy atom. The van der Waals surface area contributed by atoms with Crippen LogP contribution in [-0.2, 0) is 29.1 Å². The molecule has 1 N–H and O–H groups in total. The van der Waals surface area contributed by atoms with E-state index in [1.54, 1.807) is 12.5 Å². The van der Waals surface area contributed by atoms with Crippen LogP contribution in [0.25, 0.3) is 11.0 Å². The van der Waals surface area contributed by atoms with Gasteiger partial charge >= 0.3 is 5.97 Å². The minimum absolute atomic E-state index is 0.0495. The summed E-state index contributed by atoms with van der Waals surface area (Å²) < 4.78 is 7.27. The van der Waals surface area contributed by atoms with Crippen LogP contribution in [0, 0.1) is 0 Å². The molecule has 3 aromatic rings. The highest BCUT2D eigenvalue weighted by Crippen LogP contribution is 2.20. The molecular weight excluding hydrogens is 302 g/mol. The first-order valence-electron chi connectivity index (χ1n) is 6.75. The number of nitrogens with zero attached hydrogens (tertiary/aromatic N) is 3. The molecule has 0 aliphatic rings. The molecular formula is C15H15N3O3S. The van der Waals surface area contributed by atoms with Crippen LogP contribution < -0.4 is 0 Å². The molecule has 22 heavy (non-hydrogen) atoms. The average molecular weight is 317 g/mol. The van der Waals surface area contributed by atoms with Crippen LogP contribution in [0.2, 0.25) is 0 Å². The summed E-state index contributed by atoms with van der Waals surface area (Å²) in [6.45, 7) is 0.978. The first-order valence-corrected chi connectivity index (χ1v) is 7.63. The molecule has 2 heterocycles. The van der Waals surface area contributed by atoms with Gasteiger partial charge in [0.25, 0.3) is 0 Å². The van der Waals surface area contributed by atoms with Gasteiger partial charge in [0.1, 0.15) is 17.4 Å². The lowest BCUT2D eigenvalue weighted by Gasteiger charge is -2.06. The number of benzene rings is 1. The lowest BCUT2D eigenvalue weighted by molar-refractivity contribution is -0.136. The number of rotatable bonds is 6. The number of carboxylic acid groups (broad SMARTS) is 1. The van der Waals surface area contributed by atoms with Crippen molar-refractivity contribution in [2.45, 2.75) is 19.6 Å². The molecule has 0 atom stereocenters. The minimum Gasteiger partial charge on any atom is -0.481 e. The van der Waals surface area contributed by atoms with Gasteiger partial charge in [0.15, 0.2) is 0 Å². The molecule has 114 valence electrons.